The van der Waals surface area contributed by atoms with Crippen LogP contribution >= 0.6 is 0 Å². The van der Waals surface area contributed by atoms with E-state index in [2.05, 4.69) is 15.3 Å². The normalized spacial score (nSPS) is 12.5. The van der Waals surface area contributed by atoms with E-state index in [1.807, 2.05) is 19.1 Å². The second-order valence-electron chi connectivity index (χ2n) is 4.48. The van der Waals surface area contributed by atoms with Crippen LogP contribution in [-0.4, -0.2) is 17.4 Å². The number of nitrogens with one attached hydrogen (secondary N) is 1. The third-order valence-electron chi connectivity index (χ3n) is 3.01. The van der Waals surface area contributed by atoms with Gasteiger partial charge in [-0.3, -0.25) is 15.1 Å². The molecule has 0 atom stereocenters. The summed E-state index contributed by atoms with van der Waals surface area (Å²) in [4.78, 5) is 18.6. The van der Waals surface area contributed by atoms with E-state index < -0.39 is 0 Å². The smallest absolute Gasteiger partial charge is 0.213 e. The number of benzene rings is 1. The van der Waals surface area contributed by atoms with Gasteiger partial charge in [0.1, 0.15) is 5.82 Å². The van der Waals surface area contributed by atoms with Gasteiger partial charge in [-0.2, -0.15) is 0 Å². The minimum atomic E-state index is -0.380. The molecule has 0 saturated carbocycles. The lowest BCUT2D eigenvalue weighted by molar-refractivity contribution is -0.108. The van der Waals surface area contributed by atoms with Gasteiger partial charge < -0.3 is 5.73 Å². The molecule has 0 radical (unpaired) electrons. The Labute approximate surface area is 127 Å². The monoisotopic (exact) mass is 298 g/mol. The van der Waals surface area contributed by atoms with Crippen molar-refractivity contribution in [3.8, 4) is 0 Å². The van der Waals surface area contributed by atoms with E-state index in [0.29, 0.717) is 17.7 Å². The minimum absolute atomic E-state index is 0.0670. The van der Waals surface area contributed by atoms with Crippen molar-refractivity contribution in [3.63, 3.8) is 0 Å². The summed E-state index contributed by atoms with van der Waals surface area (Å²) in [6.07, 6.45) is 3.74. The van der Waals surface area contributed by atoms with Gasteiger partial charge in [0.15, 0.2) is 5.96 Å². The molecule has 0 aliphatic carbocycles. The molecule has 5 nitrogen and oxygen atoms in total. The number of hydrogen-bond acceptors (Lipinski definition) is 3. The lowest BCUT2D eigenvalue weighted by Gasteiger charge is -2.10. The van der Waals surface area contributed by atoms with Crippen LogP contribution < -0.4 is 11.1 Å². The van der Waals surface area contributed by atoms with Crippen molar-refractivity contribution in [2.24, 2.45) is 10.7 Å². The average Bonchev–Trinajstić information content (AvgIpc) is 2.53. The zero-order valence-corrected chi connectivity index (χ0v) is 12.0. The third kappa shape index (κ3) is 3.76. The number of hydrogen-bond donors (Lipinski definition) is 2. The third-order valence-corrected chi connectivity index (χ3v) is 3.01. The number of aromatic nitrogens is 1. The van der Waals surface area contributed by atoms with Gasteiger partial charge in [0, 0.05) is 18.0 Å². The highest BCUT2D eigenvalue weighted by Crippen LogP contribution is 2.27. The van der Waals surface area contributed by atoms with Crippen LogP contribution in [0.15, 0.2) is 53.8 Å². The number of guanidine groups is 1. The molecule has 22 heavy (non-hydrogen) atoms. The Morgan fingerprint density at radius 1 is 1.27 bits per heavy atom. The molecule has 0 unspecified atom stereocenters. The van der Waals surface area contributed by atoms with Gasteiger partial charge in [0.25, 0.3) is 0 Å². The summed E-state index contributed by atoms with van der Waals surface area (Å²) >= 11 is 0. The number of pyridine rings is 1. The highest BCUT2D eigenvalue weighted by atomic mass is 19.1. The van der Waals surface area contributed by atoms with E-state index in [4.69, 9.17) is 5.73 Å². The van der Waals surface area contributed by atoms with Crippen molar-refractivity contribution < 1.29 is 9.18 Å². The number of aliphatic imine (C=N–C) groups is 1. The van der Waals surface area contributed by atoms with Crippen LogP contribution in [0.1, 0.15) is 18.1 Å². The van der Waals surface area contributed by atoms with Crippen LogP contribution in [0.3, 0.4) is 0 Å². The standard InChI is InChI=1S/C16H15FN4O/c1-11(12-5-7-19-8-6-12)15(21-16(18)20-10-22)13-3-2-4-14(17)9-13/h2-10H,1H3,(H3,18,20,21,22)/b15-11+. The number of amides is 1. The average molecular weight is 298 g/mol. The van der Waals surface area contributed by atoms with E-state index in [1.54, 1.807) is 24.5 Å². The highest BCUT2D eigenvalue weighted by Gasteiger charge is 2.09. The Balaban J connectivity index is 2.60. The van der Waals surface area contributed by atoms with Crippen molar-refractivity contribution in [1.82, 2.24) is 10.3 Å². The van der Waals surface area contributed by atoms with Gasteiger partial charge >= 0.3 is 0 Å². The topological polar surface area (TPSA) is 80.4 Å². The van der Waals surface area contributed by atoms with E-state index in [0.717, 1.165) is 11.1 Å². The molecule has 1 heterocycles. The molecule has 0 bridgehead atoms. The molecule has 0 fully saturated rings. The molecule has 1 aromatic heterocycles. The van der Waals surface area contributed by atoms with E-state index >= 15 is 0 Å². The van der Waals surface area contributed by atoms with Gasteiger partial charge in [-0.25, -0.2) is 9.38 Å². The van der Waals surface area contributed by atoms with Crippen LogP contribution in [0.4, 0.5) is 4.39 Å². The summed E-state index contributed by atoms with van der Waals surface area (Å²) in [6, 6.07) is 9.64. The van der Waals surface area contributed by atoms with Gasteiger partial charge in [-0.15, -0.1) is 0 Å². The van der Waals surface area contributed by atoms with Crippen LogP contribution in [0.2, 0.25) is 0 Å². The summed E-state index contributed by atoms with van der Waals surface area (Å²) < 4.78 is 13.5. The molecule has 112 valence electrons. The van der Waals surface area contributed by atoms with Crippen LogP contribution in [-0.2, 0) is 4.79 Å². The Hall–Kier alpha value is -3.02. The number of halogens is 1. The summed E-state index contributed by atoms with van der Waals surface area (Å²) in [5.41, 5.74) is 8.33. The fourth-order valence-corrected chi connectivity index (χ4v) is 1.95. The SMILES string of the molecule is C/C(=C(\N=C(N)NC=O)c1cccc(F)c1)c1ccncc1. The zero-order valence-electron chi connectivity index (χ0n) is 12.0. The van der Waals surface area contributed by atoms with E-state index in [9.17, 15) is 9.18 Å². The van der Waals surface area contributed by atoms with Crippen LogP contribution in [0.5, 0.6) is 0 Å². The highest BCUT2D eigenvalue weighted by molar-refractivity contribution is 5.97. The summed E-state index contributed by atoms with van der Waals surface area (Å²) in [5, 5.41) is 2.27. The first-order chi connectivity index (χ1) is 10.6. The first-order valence-electron chi connectivity index (χ1n) is 6.53. The first kappa shape index (κ1) is 15.4. The maximum Gasteiger partial charge on any atom is 0.213 e. The molecule has 1 amide bonds. The molecule has 6 heteroatoms. The van der Waals surface area contributed by atoms with Crippen LogP contribution in [0, 0.1) is 5.82 Å². The van der Waals surface area contributed by atoms with Crippen molar-refractivity contribution in [2.75, 3.05) is 0 Å². The number of nitrogens with two attached hydrogens (primary N) is 1. The largest absolute Gasteiger partial charge is 0.369 e. The molecule has 2 aromatic rings. The molecule has 0 saturated heterocycles. The molecular formula is C16H15FN4O. The number of carbonyl (C=O) groups is 1. The van der Waals surface area contributed by atoms with Crippen molar-refractivity contribution >= 4 is 23.6 Å². The van der Waals surface area contributed by atoms with Gasteiger partial charge in [-0.05, 0) is 42.3 Å². The van der Waals surface area contributed by atoms with Crippen molar-refractivity contribution in [1.29, 1.82) is 0 Å². The lowest BCUT2D eigenvalue weighted by atomic mass is 10.0. The second kappa shape index (κ2) is 7.12. The Kier molecular flexibility index (Phi) is 4.98. The lowest BCUT2D eigenvalue weighted by Crippen LogP contribution is -2.30. The molecule has 0 aliphatic heterocycles. The number of rotatable bonds is 4. The maximum absolute atomic E-state index is 13.5. The predicted octanol–water partition coefficient (Wildman–Crippen LogP) is 2.17. The second-order valence-corrected chi connectivity index (χ2v) is 4.48. The van der Waals surface area contributed by atoms with Gasteiger partial charge in [-0.1, -0.05) is 12.1 Å². The Morgan fingerprint density at radius 2 is 2.00 bits per heavy atom. The molecule has 0 aliphatic rings. The summed E-state index contributed by atoms with van der Waals surface area (Å²) in [6.45, 7) is 1.84. The number of nitrogens with zero attached hydrogens (tertiary/aromatic N) is 2. The van der Waals surface area contributed by atoms with Crippen molar-refractivity contribution in [3.05, 3.63) is 65.7 Å². The van der Waals surface area contributed by atoms with Gasteiger partial charge in [0.2, 0.25) is 6.41 Å². The molecule has 3 N–H and O–H groups in total. The number of carbonyl (C=O) groups excluding carboxylic acids is 1. The quantitative estimate of drug-likeness (QED) is 0.515. The van der Waals surface area contributed by atoms with E-state index in [-0.39, 0.29) is 11.8 Å². The minimum Gasteiger partial charge on any atom is -0.369 e. The molecule has 2 rings (SSSR count). The van der Waals surface area contributed by atoms with E-state index in [1.165, 1.54) is 12.1 Å². The fraction of sp³-hybridized carbons (Fsp3) is 0.0625. The first-order valence-corrected chi connectivity index (χ1v) is 6.53. The summed E-state index contributed by atoms with van der Waals surface area (Å²) in [5.74, 6) is -0.447. The Bertz CT molecular complexity index is 726. The predicted molar refractivity (Wildman–Crippen MR) is 83.9 cm³/mol. The molecule has 0 spiro atoms. The molecule has 1 aromatic carbocycles. The zero-order chi connectivity index (χ0) is 15.9. The number of allylic oxidation sites excluding steroid dienone is 1. The maximum atomic E-state index is 13.5. The van der Waals surface area contributed by atoms with Gasteiger partial charge in [0.05, 0.1) is 5.70 Å². The van der Waals surface area contributed by atoms with Crippen LogP contribution in [0.25, 0.3) is 11.3 Å². The molecular weight excluding hydrogens is 283 g/mol. The fourth-order valence-electron chi connectivity index (χ4n) is 1.95. The Morgan fingerprint density at radius 3 is 2.64 bits per heavy atom. The summed E-state index contributed by atoms with van der Waals surface area (Å²) in [7, 11) is 0. The van der Waals surface area contributed by atoms with Crippen molar-refractivity contribution in [2.45, 2.75) is 6.92 Å².